The fourth-order valence-corrected chi connectivity index (χ4v) is 2.44. The quantitative estimate of drug-likeness (QED) is 0.634. The van der Waals surface area contributed by atoms with Gasteiger partial charge >= 0.3 is 0 Å². The molecule has 2 aromatic rings. The monoisotopic (exact) mass is 348 g/mol. The molecule has 0 fully saturated rings. The van der Waals surface area contributed by atoms with Crippen molar-refractivity contribution in [1.29, 1.82) is 0 Å². The zero-order valence-electron chi connectivity index (χ0n) is 9.09. The third kappa shape index (κ3) is 2.97. The molecule has 0 amide bonds. The Morgan fingerprint density at radius 3 is 2.56 bits per heavy atom. The van der Waals surface area contributed by atoms with Crippen molar-refractivity contribution in [3.05, 3.63) is 57.8 Å². The van der Waals surface area contributed by atoms with Crippen LogP contribution in [0.25, 0.3) is 0 Å². The van der Waals surface area contributed by atoms with Crippen molar-refractivity contribution in [3.8, 4) is 11.5 Å². The van der Waals surface area contributed by atoms with E-state index >= 15 is 0 Å². The lowest BCUT2D eigenvalue weighted by molar-refractivity contribution is 0.442. The molecule has 0 aliphatic heterocycles. The minimum Gasteiger partial charge on any atom is -0.454 e. The van der Waals surface area contributed by atoms with Gasteiger partial charge in [-0.2, -0.15) is 0 Å². The van der Waals surface area contributed by atoms with Crippen LogP contribution in [0.2, 0.25) is 10.0 Å². The average Bonchev–Trinajstić information content (AvgIpc) is 2.35. The van der Waals surface area contributed by atoms with Crippen LogP contribution < -0.4 is 4.74 Å². The minimum absolute atomic E-state index is 0.0238. The van der Waals surface area contributed by atoms with Gasteiger partial charge in [0.15, 0.2) is 11.6 Å². The van der Waals surface area contributed by atoms with Gasteiger partial charge in [0.05, 0.1) is 5.02 Å². The molecule has 0 aliphatic carbocycles. The molecule has 0 saturated heterocycles. The second-order valence-electron chi connectivity index (χ2n) is 3.54. The number of benzene rings is 2. The van der Waals surface area contributed by atoms with Gasteiger partial charge in [0, 0.05) is 10.4 Å². The van der Waals surface area contributed by atoms with Crippen LogP contribution in [0.4, 0.5) is 4.39 Å². The molecule has 0 aliphatic rings. The second-order valence-corrected chi connectivity index (χ2v) is 4.92. The molecule has 0 aromatic heterocycles. The van der Waals surface area contributed by atoms with Crippen molar-refractivity contribution in [3.63, 3.8) is 0 Å². The fraction of sp³-hybridized carbons (Fsp3) is 0.0769. The summed E-state index contributed by atoms with van der Waals surface area (Å²) in [5.41, 5.74) is 0.940. The highest BCUT2D eigenvalue weighted by Gasteiger charge is 2.09. The van der Waals surface area contributed by atoms with Gasteiger partial charge < -0.3 is 4.74 Å². The molecular formula is C13H8BrCl2FO. The fourth-order valence-electron chi connectivity index (χ4n) is 1.39. The molecule has 0 radical (unpaired) electrons. The molecule has 0 bridgehead atoms. The number of hydrogen-bond donors (Lipinski definition) is 0. The summed E-state index contributed by atoms with van der Waals surface area (Å²) in [4.78, 5) is 0. The van der Waals surface area contributed by atoms with Crippen molar-refractivity contribution in [1.82, 2.24) is 0 Å². The Balaban J connectivity index is 2.29. The van der Waals surface area contributed by atoms with Crippen molar-refractivity contribution in [2.75, 3.05) is 0 Å². The maximum absolute atomic E-state index is 13.6. The van der Waals surface area contributed by atoms with E-state index in [2.05, 4.69) is 15.9 Å². The largest absolute Gasteiger partial charge is 0.454 e. The number of rotatable bonds is 3. The molecule has 2 aromatic carbocycles. The Labute approximate surface area is 123 Å². The first kappa shape index (κ1) is 13.7. The van der Waals surface area contributed by atoms with Crippen LogP contribution in [0.3, 0.4) is 0 Å². The Morgan fingerprint density at radius 2 is 1.89 bits per heavy atom. The Kier molecular flexibility index (Phi) is 4.49. The van der Waals surface area contributed by atoms with E-state index in [-0.39, 0.29) is 10.8 Å². The molecule has 18 heavy (non-hydrogen) atoms. The summed E-state index contributed by atoms with van der Waals surface area (Å²) in [5.74, 6) is -0.0455. The van der Waals surface area contributed by atoms with Crippen LogP contribution >= 0.6 is 39.1 Å². The average molecular weight is 350 g/mol. The van der Waals surface area contributed by atoms with Gasteiger partial charge in [-0.05, 0) is 29.8 Å². The highest BCUT2D eigenvalue weighted by molar-refractivity contribution is 9.08. The normalized spacial score (nSPS) is 10.4. The topological polar surface area (TPSA) is 9.23 Å². The molecular weight excluding hydrogens is 342 g/mol. The van der Waals surface area contributed by atoms with E-state index in [1.165, 1.54) is 12.1 Å². The molecule has 0 saturated carbocycles. The predicted octanol–water partition coefficient (Wildman–Crippen LogP) is 5.82. The predicted molar refractivity (Wildman–Crippen MR) is 75.6 cm³/mol. The van der Waals surface area contributed by atoms with Crippen molar-refractivity contribution < 1.29 is 9.13 Å². The summed E-state index contributed by atoms with van der Waals surface area (Å²) in [7, 11) is 0. The van der Waals surface area contributed by atoms with Crippen LogP contribution in [0.5, 0.6) is 11.5 Å². The maximum Gasteiger partial charge on any atom is 0.184 e. The lowest BCUT2D eigenvalue weighted by Gasteiger charge is -2.09. The molecule has 0 N–H and O–H groups in total. The van der Waals surface area contributed by atoms with Crippen molar-refractivity contribution >= 4 is 39.1 Å². The van der Waals surface area contributed by atoms with Gasteiger partial charge in [-0.15, -0.1) is 0 Å². The third-order valence-corrected chi connectivity index (χ3v) is 3.56. The van der Waals surface area contributed by atoms with Gasteiger partial charge in [-0.25, -0.2) is 4.39 Å². The zero-order valence-corrected chi connectivity index (χ0v) is 12.2. The third-order valence-electron chi connectivity index (χ3n) is 2.31. The molecule has 1 nitrogen and oxygen atoms in total. The minimum atomic E-state index is -0.583. The summed E-state index contributed by atoms with van der Waals surface area (Å²) in [6.07, 6.45) is 0. The van der Waals surface area contributed by atoms with Gasteiger partial charge in [0.25, 0.3) is 0 Å². The SMILES string of the molecule is Fc1c(Cl)cccc1Oc1ccc(CBr)c(Cl)c1. The van der Waals surface area contributed by atoms with Crippen LogP contribution in [-0.4, -0.2) is 0 Å². The van der Waals surface area contributed by atoms with Gasteiger partial charge in [0.2, 0.25) is 0 Å². The van der Waals surface area contributed by atoms with E-state index in [4.69, 9.17) is 27.9 Å². The van der Waals surface area contributed by atoms with Crippen LogP contribution in [0.15, 0.2) is 36.4 Å². The van der Waals surface area contributed by atoms with E-state index in [1.54, 1.807) is 18.2 Å². The maximum atomic E-state index is 13.6. The first-order valence-electron chi connectivity index (χ1n) is 5.08. The molecule has 0 unspecified atom stereocenters. The summed E-state index contributed by atoms with van der Waals surface area (Å²) in [5, 5.41) is 1.24. The first-order chi connectivity index (χ1) is 8.61. The van der Waals surface area contributed by atoms with Crippen LogP contribution in [-0.2, 0) is 5.33 Å². The summed E-state index contributed by atoms with van der Waals surface area (Å²) in [6, 6.07) is 9.77. The Hall–Kier alpha value is -0.770. The van der Waals surface area contributed by atoms with Crippen LogP contribution in [0, 0.1) is 5.82 Å². The highest BCUT2D eigenvalue weighted by atomic mass is 79.9. The van der Waals surface area contributed by atoms with Crippen LogP contribution in [0.1, 0.15) is 5.56 Å². The van der Waals surface area contributed by atoms with E-state index in [0.29, 0.717) is 16.1 Å². The number of alkyl halides is 1. The summed E-state index contributed by atoms with van der Waals surface area (Å²) in [6.45, 7) is 0. The van der Waals surface area contributed by atoms with Crippen molar-refractivity contribution in [2.24, 2.45) is 0 Å². The molecule has 5 heteroatoms. The lowest BCUT2D eigenvalue weighted by Crippen LogP contribution is -1.90. The molecule has 0 spiro atoms. The molecule has 2 rings (SSSR count). The molecule has 0 atom stereocenters. The van der Waals surface area contributed by atoms with Gasteiger partial charge in [-0.3, -0.25) is 0 Å². The molecule has 0 heterocycles. The van der Waals surface area contributed by atoms with Gasteiger partial charge in [0.1, 0.15) is 5.75 Å². The number of hydrogen-bond acceptors (Lipinski definition) is 1. The first-order valence-corrected chi connectivity index (χ1v) is 6.96. The molecule has 94 valence electrons. The van der Waals surface area contributed by atoms with E-state index in [1.807, 2.05) is 6.07 Å². The van der Waals surface area contributed by atoms with Gasteiger partial charge in [-0.1, -0.05) is 51.3 Å². The van der Waals surface area contributed by atoms with E-state index < -0.39 is 5.82 Å². The van der Waals surface area contributed by atoms with E-state index in [0.717, 1.165) is 5.56 Å². The van der Waals surface area contributed by atoms with E-state index in [9.17, 15) is 4.39 Å². The number of ether oxygens (including phenoxy) is 1. The second kappa shape index (κ2) is 5.91. The zero-order chi connectivity index (χ0) is 13.1. The summed E-state index contributed by atoms with van der Waals surface area (Å²) < 4.78 is 19.0. The standard InChI is InChI=1S/C13H8BrCl2FO/c14-7-8-4-5-9(6-11(8)16)18-12-3-1-2-10(15)13(12)17/h1-6H,7H2. The Bertz CT molecular complexity index is 575. The smallest absolute Gasteiger partial charge is 0.184 e. The lowest BCUT2D eigenvalue weighted by atomic mass is 10.2. The summed E-state index contributed by atoms with van der Waals surface area (Å²) >= 11 is 15.0. The Morgan fingerprint density at radius 1 is 1.11 bits per heavy atom. The van der Waals surface area contributed by atoms with Crippen molar-refractivity contribution in [2.45, 2.75) is 5.33 Å². The highest BCUT2D eigenvalue weighted by Crippen LogP contribution is 2.31. The number of halogens is 4.